The van der Waals surface area contributed by atoms with Gasteiger partial charge in [0.2, 0.25) is 0 Å². The van der Waals surface area contributed by atoms with E-state index < -0.39 is 0 Å². The second-order valence-electron chi connectivity index (χ2n) is 4.58. The van der Waals surface area contributed by atoms with E-state index in [9.17, 15) is 5.11 Å². The second kappa shape index (κ2) is 6.05. The summed E-state index contributed by atoms with van der Waals surface area (Å²) >= 11 is 11.8. The highest BCUT2D eigenvalue weighted by Gasteiger charge is 2.21. The van der Waals surface area contributed by atoms with E-state index in [4.69, 9.17) is 23.2 Å². The van der Waals surface area contributed by atoms with Crippen molar-refractivity contribution in [3.63, 3.8) is 0 Å². The van der Waals surface area contributed by atoms with Gasteiger partial charge in [0.25, 0.3) is 0 Å². The second-order valence-corrected chi connectivity index (χ2v) is 5.39. The Labute approximate surface area is 112 Å². The van der Waals surface area contributed by atoms with Crippen LogP contribution in [0.2, 0.25) is 10.0 Å². The fourth-order valence-electron chi connectivity index (χ4n) is 2.26. The number of aliphatic hydroxyl groups excluding tert-OH is 1. The molecule has 1 aliphatic rings. The van der Waals surface area contributed by atoms with Crippen LogP contribution in [0, 0.1) is 0 Å². The molecule has 1 aliphatic heterocycles. The van der Waals surface area contributed by atoms with Crippen LogP contribution >= 0.6 is 23.2 Å². The van der Waals surface area contributed by atoms with E-state index in [1.54, 1.807) is 6.07 Å². The van der Waals surface area contributed by atoms with Crippen molar-refractivity contribution in [1.29, 1.82) is 0 Å². The molecule has 1 saturated heterocycles. The molecule has 0 aromatic heterocycles. The summed E-state index contributed by atoms with van der Waals surface area (Å²) in [7, 11) is 0. The van der Waals surface area contributed by atoms with Gasteiger partial charge in [-0.15, -0.1) is 0 Å². The molecule has 2 N–H and O–H groups in total. The van der Waals surface area contributed by atoms with E-state index in [0.717, 1.165) is 18.5 Å². The molecule has 2 unspecified atom stereocenters. The monoisotopic (exact) mass is 273 g/mol. The number of piperidine rings is 1. The first-order chi connectivity index (χ1) is 8.16. The van der Waals surface area contributed by atoms with Crippen molar-refractivity contribution in [2.45, 2.75) is 37.8 Å². The van der Waals surface area contributed by atoms with Gasteiger partial charge in [-0.05, 0) is 43.5 Å². The summed E-state index contributed by atoms with van der Waals surface area (Å²) in [5, 5.41) is 14.6. The predicted octanol–water partition coefficient (Wildman–Crippen LogP) is 3.04. The zero-order chi connectivity index (χ0) is 12.3. The molecule has 0 radical (unpaired) electrons. The van der Waals surface area contributed by atoms with E-state index in [1.165, 1.54) is 12.8 Å². The van der Waals surface area contributed by atoms with Crippen molar-refractivity contribution in [3.05, 3.63) is 33.8 Å². The molecule has 17 heavy (non-hydrogen) atoms. The van der Waals surface area contributed by atoms with Gasteiger partial charge in [-0.25, -0.2) is 0 Å². The molecule has 1 fully saturated rings. The molecule has 2 atom stereocenters. The van der Waals surface area contributed by atoms with Crippen LogP contribution in [0.25, 0.3) is 0 Å². The average Bonchev–Trinajstić information content (AvgIpc) is 2.35. The van der Waals surface area contributed by atoms with Crippen LogP contribution in [0.5, 0.6) is 0 Å². The van der Waals surface area contributed by atoms with Crippen molar-refractivity contribution in [3.8, 4) is 0 Å². The van der Waals surface area contributed by atoms with Crippen LogP contribution in [0.15, 0.2) is 18.2 Å². The summed E-state index contributed by atoms with van der Waals surface area (Å²) < 4.78 is 0. The summed E-state index contributed by atoms with van der Waals surface area (Å²) in [6.07, 6.45) is 3.70. The molecular weight excluding hydrogens is 257 g/mol. The number of halogens is 2. The Hall–Kier alpha value is -0.280. The molecule has 1 heterocycles. The first kappa shape index (κ1) is 13.2. The van der Waals surface area contributed by atoms with Gasteiger partial charge in [-0.3, -0.25) is 0 Å². The summed E-state index contributed by atoms with van der Waals surface area (Å²) in [6, 6.07) is 5.73. The summed E-state index contributed by atoms with van der Waals surface area (Å²) in [5.74, 6) is 0. The predicted molar refractivity (Wildman–Crippen MR) is 71.8 cm³/mol. The van der Waals surface area contributed by atoms with Gasteiger partial charge in [0.05, 0.1) is 16.1 Å². The third-order valence-corrected chi connectivity index (χ3v) is 3.98. The topological polar surface area (TPSA) is 32.3 Å². The maximum Gasteiger partial charge on any atom is 0.0733 e. The highest BCUT2D eigenvalue weighted by atomic mass is 35.5. The van der Waals surface area contributed by atoms with Crippen LogP contribution in [0.3, 0.4) is 0 Å². The van der Waals surface area contributed by atoms with Crippen molar-refractivity contribution in [2.75, 3.05) is 6.54 Å². The van der Waals surface area contributed by atoms with E-state index in [-0.39, 0.29) is 12.1 Å². The summed E-state index contributed by atoms with van der Waals surface area (Å²) in [5.41, 5.74) is 1.03. The van der Waals surface area contributed by atoms with Gasteiger partial charge in [-0.2, -0.15) is 0 Å². The van der Waals surface area contributed by atoms with E-state index in [1.807, 2.05) is 12.1 Å². The molecule has 0 aliphatic carbocycles. The zero-order valence-electron chi connectivity index (χ0n) is 9.63. The lowest BCUT2D eigenvalue weighted by Gasteiger charge is -2.28. The van der Waals surface area contributed by atoms with Crippen molar-refractivity contribution in [1.82, 2.24) is 5.32 Å². The standard InChI is InChI=1S/C13H17Cl2NO/c14-10-5-4-9(7-11(10)15)8-13(17)12-3-1-2-6-16-12/h4-5,7,12-13,16-17H,1-3,6,8H2. The lowest BCUT2D eigenvalue weighted by Crippen LogP contribution is -2.44. The molecule has 0 amide bonds. The Bertz CT molecular complexity index is 378. The molecule has 4 heteroatoms. The Kier molecular flexibility index (Phi) is 4.69. The minimum Gasteiger partial charge on any atom is -0.391 e. The molecule has 94 valence electrons. The van der Waals surface area contributed by atoms with Crippen molar-refractivity contribution < 1.29 is 5.11 Å². The Morgan fingerprint density at radius 2 is 2.12 bits per heavy atom. The van der Waals surface area contributed by atoms with Gasteiger partial charge in [-0.1, -0.05) is 35.7 Å². The number of aliphatic hydroxyl groups is 1. The maximum absolute atomic E-state index is 10.1. The van der Waals surface area contributed by atoms with Gasteiger partial charge in [0.15, 0.2) is 0 Å². The smallest absolute Gasteiger partial charge is 0.0733 e. The normalized spacial score (nSPS) is 22.4. The zero-order valence-corrected chi connectivity index (χ0v) is 11.1. The maximum atomic E-state index is 10.1. The van der Waals surface area contributed by atoms with Crippen LogP contribution < -0.4 is 5.32 Å². The average molecular weight is 274 g/mol. The minimum atomic E-state index is -0.354. The molecule has 1 aromatic rings. The van der Waals surface area contributed by atoms with Crippen LogP contribution in [0.1, 0.15) is 24.8 Å². The first-order valence-electron chi connectivity index (χ1n) is 6.02. The Balaban J connectivity index is 1.96. The largest absolute Gasteiger partial charge is 0.391 e. The van der Waals surface area contributed by atoms with Crippen LogP contribution in [0.4, 0.5) is 0 Å². The number of benzene rings is 1. The van der Waals surface area contributed by atoms with Gasteiger partial charge >= 0.3 is 0 Å². The Morgan fingerprint density at radius 3 is 2.76 bits per heavy atom. The number of hydrogen-bond donors (Lipinski definition) is 2. The van der Waals surface area contributed by atoms with Crippen molar-refractivity contribution >= 4 is 23.2 Å². The SMILES string of the molecule is OC(Cc1ccc(Cl)c(Cl)c1)C1CCCCN1. The minimum absolute atomic E-state index is 0.207. The molecule has 0 bridgehead atoms. The van der Waals surface area contributed by atoms with E-state index in [2.05, 4.69) is 5.32 Å². The lowest BCUT2D eigenvalue weighted by molar-refractivity contribution is 0.113. The molecule has 2 nitrogen and oxygen atoms in total. The quantitative estimate of drug-likeness (QED) is 0.888. The molecule has 1 aromatic carbocycles. The summed E-state index contributed by atoms with van der Waals surface area (Å²) in [6.45, 7) is 1.00. The third kappa shape index (κ3) is 3.59. The van der Waals surface area contributed by atoms with E-state index in [0.29, 0.717) is 16.5 Å². The highest BCUT2D eigenvalue weighted by molar-refractivity contribution is 6.42. The number of hydrogen-bond acceptors (Lipinski definition) is 2. The fourth-order valence-corrected chi connectivity index (χ4v) is 2.58. The highest BCUT2D eigenvalue weighted by Crippen LogP contribution is 2.24. The summed E-state index contributed by atoms with van der Waals surface area (Å²) in [4.78, 5) is 0. The molecule has 0 spiro atoms. The lowest BCUT2D eigenvalue weighted by atomic mass is 9.95. The van der Waals surface area contributed by atoms with Crippen LogP contribution in [-0.2, 0) is 6.42 Å². The number of nitrogens with one attached hydrogen (secondary N) is 1. The molecule has 2 rings (SSSR count). The Morgan fingerprint density at radius 1 is 1.29 bits per heavy atom. The number of rotatable bonds is 3. The van der Waals surface area contributed by atoms with Gasteiger partial charge in [0, 0.05) is 6.04 Å². The first-order valence-corrected chi connectivity index (χ1v) is 6.78. The molecule has 0 saturated carbocycles. The van der Waals surface area contributed by atoms with Gasteiger partial charge < -0.3 is 10.4 Å². The van der Waals surface area contributed by atoms with Crippen LogP contribution in [-0.4, -0.2) is 23.8 Å². The third-order valence-electron chi connectivity index (χ3n) is 3.24. The van der Waals surface area contributed by atoms with Gasteiger partial charge in [0.1, 0.15) is 0 Å². The van der Waals surface area contributed by atoms with E-state index >= 15 is 0 Å². The van der Waals surface area contributed by atoms with Crippen molar-refractivity contribution in [2.24, 2.45) is 0 Å². The molecular formula is C13H17Cl2NO. The fraction of sp³-hybridized carbons (Fsp3) is 0.538.